The molecule has 1 heterocycles. The highest BCUT2D eigenvalue weighted by molar-refractivity contribution is 7.91. The second kappa shape index (κ2) is 6.35. The van der Waals surface area contributed by atoms with E-state index in [0.717, 1.165) is 30.6 Å². The monoisotopic (exact) mass is 303 g/mol. The van der Waals surface area contributed by atoms with E-state index in [2.05, 4.69) is 4.72 Å². The quantitative estimate of drug-likeness (QED) is 0.839. The fraction of sp³-hybridized carbons (Fsp3) is 0.692. The molecule has 1 aromatic heterocycles. The number of aliphatic hydroxyl groups is 1. The zero-order chi connectivity index (χ0) is 13.9. The Morgan fingerprint density at radius 2 is 2.05 bits per heavy atom. The molecule has 0 bridgehead atoms. The molecule has 2 atom stereocenters. The molecule has 2 N–H and O–H groups in total. The average molecular weight is 303 g/mol. The Morgan fingerprint density at radius 1 is 1.32 bits per heavy atom. The normalized spacial score (nSPS) is 25.2. The Hall–Kier alpha value is -0.430. The number of hydrogen-bond acceptors (Lipinski definition) is 4. The molecule has 19 heavy (non-hydrogen) atoms. The first-order chi connectivity index (χ1) is 9.03. The molecule has 0 spiro atoms. The lowest BCUT2D eigenvalue weighted by Gasteiger charge is -2.21. The predicted molar refractivity (Wildman–Crippen MR) is 76.9 cm³/mol. The zero-order valence-electron chi connectivity index (χ0n) is 11.1. The van der Waals surface area contributed by atoms with Gasteiger partial charge in [0, 0.05) is 10.9 Å². The topological polar surface area (TPSA) is 66.4 Å². The molecular formula is C13H21NO3S2. The van der Waals surface area contributed by atoms with Gasteiger partial charge in [-0.05, 0) is 31.4 Å². The van der Waals surface area contributed by atoms with Crippen LogP contribution in [0, 0.1) is 0 Å². The molecule has 1 aromatic rings. The van der Waals surface area contributed by atoms with Crippen molar-refractivity contribution in [3.05, 3.63) is 17.0 Å². The lowest BCUT2D eigenvalue weighted by molar-refractivity contribution is 0.130. The van der Waals surface area contributed by atoms with Crippen LogP contribution in [0.15, 0.2) is 16.3 Å². The summed E-state index contributed by atoms with van der Waals surface area (Å²) in [4.78, 5) is 1.06. The van der Waals surface area contributed by atoms with Crippen LogP contribution in [-0.4, -0.2) is 25.7 Å². The molecule has 1 saturated carbocycles. The van der Waals surface area contributed by atoms with Crippen molar-refractivity contribution in [2.75, 3.05) is 0 Å². The van der Waals surface area contributed by atoms with E-state index in [1.54, 1.807) is 6.07 Å². The van der Waals surface area contributed by atoms with Crippen molar-refractivity contribution < 1.29 is 13.5 Å². The second-order valence-corrected chi connectivity index (χ2v) is 8.12. The maximum Gasteiger partial charge on any atom is 0.250 e. The van der Waals surface area contributed by atoms with Gasteiger partial charge in [0.05, 0.1) is 6.10 Å². The first kappa shape index (κ1) is 15.0. The van der Waals surface area contributed by atoms with Crippen LogP contribution >= 0.6 is 11.3 Å². The van der Waals surface area contributed by atoms with E-state index in [1.807, 2.05) is 13.0 Å². The second-order valence-electron chi connectivity index (χ2n) is 5.01. The summed E-state index contributed by atoms with van der Waals surface area (Å²) in [5.74, 6) is 0. The van der Waals surface area contributed by atoms with Gasteiger partial charge in [-0.25, -0.2) is 13.1 Å². The summed E-state index contributed by atoms with van der Waals surface area (Å²) in [5.41, 5.74) is 0. The zero-order valence-corrected chi connectivity index (χ0v) is 12.8. The smallest absolute Gasteiger partial charge is 0.250 e. The van der Waals surface area contributed by atoms with Gasteiger partial charge in [-0.1, -0.05) is 26.2 Å². The van der Waals surface area contributed by atoms with Crippen molar-refractivity contribution in [2.45, 2.75) is 61.8 Å². The summed E-state index contributed by atoms with van der Waals surface area (Å²) >= 11 is 1.30. The van der Waals surface area contributed by atoms with E-state index >= 15 is 0 Å². The van der Waals surface area contributed by atoms with Gasteiger partial charge in [-0.3, -0.25) is 0 Å². The lowest BCUT2D eigenvalue weighted by Crippen LogP contribution is -2.42. The Bertz CT molecular complexity index is 510. The number of hydrogen-bond donors (Lipinski definition) is 2. The van der Waals surface area contributed by atoms with Gasteiger partial charge in [0.1, 0.15) is 4.21 Å². The van der Waals surface area contributed by atoms with Crippen LogP contribution in [0.25, 0.3) is 0 Å². The molecule has 0 aromatic carbocycles. The van der Waals surface area contributed by atoms with Gasteiger partial charge < -0.3 is 5.11 Å². The fourth-order valence-corrected chi connectivity index (χ4v) is 4.99. The first-order valence-corrected chi connectivity index (χ1v) is 9.12. The molecule has 0 amide bonds. The minimum Gasteiger partial charge on any atom is -0.391 e. The van der Waals surface area contributed by atoms with Crippen molar-refractivity contribution in [3.63, 3.8) is 0 Å². The maximum absolute atomic E-state index is 12.3. The molecule has 0 radical (unpaired) electrons. The van der Waals surface area contributed by atoms with Gasteiger partial charge in [0.25, 0.3) is 0 Å². The highest BCUT2D eigenvalue weighted by atomic mass is 32.2. The molecule has 108 valence electrons. The molecule has 1 fully saturated rings. The van der Waals surface area contributed by atoms with Gasteiger partial charge in [0.15, 0.2) is 0 Å². The van der Waals surface area contributed by atoms with Crippen LogP contribution in [0.4, 0.5) is 0 Å². The number of thiophene rings is 1. The summed E-state index contributed by atoms with van der Waals surface area (Å²) in [6.45, 7) is 2.00. The lowest BCUT2D eigenvalue weighted by atomic mass is 10.1. The highest BCUT2D eigenvalue weighted by Crippen LogP contribution is 2.24. The van der Waals surface area contributed by atoms with Crippen LogP contribution in [0.1, 0.15) is 43.9 Å². The molecule has 2 unspecified atom stereocenters. The van der Waals surface area contributed by atoms with Crippen LogP contribution in [-0.2, 0) is 16.4 Å². The van der Waals surface area contributed by atoms with Gasteiger partial charge in [-0.15, -0.1) is 11.3 Å². The Morgan fingerprint density at radius 3 is 2.74 bits per heavy atom. The van der Waals surface area contributed by atoms with E-state index in [9.17, 15) is 13.5 Å². The average Bonchev–Trinajstić information content (AvgIpc) is 2.78. The summed E-state index contributed by atoms with van der Waals surface area (Å²) in [6, 6.07) is 3.15. The minimum atomic E-state index is -3.49. The molecule has 4 nitrogen and oxygen atoms in total. The maximum atomic E-state index is 12.3. The van der Waals surface area contributed by atoms with E-state index in [1.165, 1.54) is 11.3 Å². The largest absolute Gasteiger partial charge is 0.391 e. The van der Waals surface area contributed by atoms with Crippen molar-refractivity contribution in [2.24, 2.45) is 0 Å². The summed E-state index contributed by atoms with van der Waals surface area (Å²) in [7, 11) is -3.49. The number of aryl methyl sites for hydroxylation is 1. The van der Waals surface area contributed by atoms with Crippen molar-refractivity contribution in [1.29, 1.82) is 0 Å². The van der Waals surface area contributed by atoms with Crippen molar-refractivity contribution in [3.8, 4) is 0 Å². The standard InChI is InChI=1S/C13H21NO3S2/c1-2-10-8-9-13(18-10)19(16,17)14-11-6-4-3-5-7-12(11)15/h8-9,11-12,14-15H,2-7H2,1H3. The third kappa shape index (κ3) is 3.78. The fourth-order valence-electron chi connectivity index (χ4n) is 2.38. The number of sulfonamides is 1. The third-order valence-corrected chi connectivity index (χ3v) is 6.75. The van der Waals surface area contributed by atoms with Gasteiger partial charge >= 0.3 is 0 Å². The van der Waals surface area contributed by atoms with Crippen LogP contribution in [0.3, 0.4) is 0 Å². The molecular weight excluding hydrogens is 282 g/mol. The van der Waals surface area contributed by atoms with Crippen molar-refractivity contribution >= 4 is 21.4 Å². The van der Waals surface area contributed by atoms with E-state index in [-0.39, 0.29) is 6.04 Å². The summed E-state index contributed by atoms with van der Waals surface area (Å²) in [5, 5.41) is 9.99. The summed E-state index contributed by atoms with van der Waals surface area (Å²) < 4.78 is 27.6. The van der Waals surface area contributed by atoms with Gasteiger partial charge in [-0.2, -0.15) is 0 Å². The molecule has 0 saturated heterocycles. The molecule has 1 aliphatic rings. The minimum absolute atomic E-state index is 0.348. The Kier molecular flexibility index (Phi) is 5.00. The van der Waals surface area contributed by atoms with E-state index in [4.69, 9.17) is 0 Å². The van der Waals surface area contributed by atoms with Crippen LogP contribution < -0.4 is 4.72 Å². The van der Waals surface area contributed by atoms with Crippen LogP contribution in [0.5, 0.6) is 0 Å². The number of nitrogens with one attached hydrogen (secondary N) is 1. The molecule has 6 heteroatoms. The summed E-state index contributed by atoms with van der Waals surface area (Å²) in [6.07, 6.45) is 4.67. The van der Waals surface area contributed by atoms with E-state index in [0.29, 0.717) is 17.1 Å². The van der Waals surface area contributed by atoms with E-state index < -0.39 is 16.1 Å². The number of rotatable bonds is 4. The van der Waals surface area contributed by atoms with Crippen LogP contribution in [0.2, 0.25) is 0 Å². The first-order valence-electron chi connectivity index (χ1n) is 6.82. The SMILES string of the molecule is CCc1ccc(S(=O)(=O)NC2CCCCCC2O)s1. The number of aliphatic hydroxyl groups excluding tert-OH is 1. The third-order valence-electron chi connectivity index (χ3n) is 3.54. The highest BCUT2D eigenvalue weighted by Gasteiger charge is 2.27. The Balaban J connectivity index is 2.11. The molecule has 2 rings (SSSR count). The Labute approximate surface area is 118 Å². The predicted octanol–water partition coefficient (Wildman–Crippen LogP) is 2.28. The molecule has 1 aliphatic carbocycles. The van der Waals surface area contributed by atoms with Gasteiger partial charge in [0.2, 0.25) is 10.0 Å². The molecule has 0 aliphatic heterocycles. The van der Waals surface area contributed by atoms with Crippen molar-refractivity contribution in [1.82, 2.24) is 4.72 Å².